The molecule has 1 heterocycles. The highest BCUT2D eigenvalue weighted by atomic mass is 35.5. The molecule has 1 N–H and O–H groups in total. The Hall–Kier alpha value is -3.71. The van der Waals surface area contributed by atoms with Crippen molar-refractivity contribution in [3.63, 3.8) is 0 Å². The van der Waals surface area contributed by atoms with Crippen LogP contribution in [0.25, 0.3) is 0 Å². The number of ether oxygens (including phenoxy) is 2. The van der Waals surface area contributed by atoms with Crippen molar-refractivity contribution < 1.29 is 19.1 Å². The number of amides is 1. The topological polar surface area (TPSA) is 89.9 Å². The van der Waals surface area contributed by atoms with Gasteiger partial charge in [0.2, 0.25) is 0 Å². The molecule has 0 saturated heterocycles. The smallest absolute Gasteiger partial charge is 0.343 e. The monoisotopic (exact) mass is 409 g/mol. The number of nitrogens with one attached hydrogen (secondary N) is 1. The highest BCUT2D eigenvalue weighted by Crippen LogP contribution is 2.28. The number of pyridine rings is 1. The van der Waals surface area contributed by atoms with Crippen molar-refractivity contribution in [1.82, 2.24) is 10.4 Å². The van der Waals surface area contributed by atoms with Gasteiger partial charge in [-0.05, 0) is 60.2 Å². The molecular weight excluding hydrogens is 394 g/mol. The Balaban J connectivity index is 1.66. The van der Waals surface area contributed by atoms with Crippen molar-refractivity contribution in [2.75, 3.05) is 7.11 Å². The molecule has 29 heavy (non-hydrogen) atoms. The zero-order valence-corrected chi connectivity index (χ0v) is 16.1. The quantitative estimate of drug-likeness (QED) is 0.290. The molecular formula is C21H16ClN3O4. The predicted molar refractivity (Wildman–Crippen MR) is 109 cm³/mol. The summed E-state index contributed by atoms with van der Waals surface area (Å²) in [4.78, 5) is 28.1. The third kappa shape index (κ3) is 5.40. The zero-order chi connectivity index (χ0) is 20.6. The van der Waals surface area contributed by atoms with Gasteiger partial charge in [-0.3, -0.25) is 9.78 Å². The highest BCUT2D eigenvalue weighted by Gasteiger charge is 2.12. The molecule has 146 valence electrons. The lowest BCUT2D eigenvalue weighted by molar-refractivity contribution is 0.0729. The Morgan fingerprint density at radius 2 is 1.72 bits per heavy atom. The summed E-state index contributed by atoms with van der Waals surface area (Å²) in [6.07, 6.45) is 4.46. The number of hydrogen-bond donors (Lipinski definition) is 1. The van der Waals surface area contributed by atoms with Crippen LogP contribution in [0.1, 0.15) is 26.3 Å². The first-order chi connectivity index (χ1) is 14.1. The van der Waals surface area contributed by atoms with Gasteiger partial charge in [0.1, 0.15) is 0 Å². The van der Waals surface area contributed by atoms with Crippen molar-refractivity contribution in [2.45, 2.75) is 0 Å². The third-order valence-electron chi connectivity index (χ3n) is 3.79. The van der Waals surface area contributed by atoms with Gasteiger partial charge in [0.05, 0.1) is 18.9 Å². The summed E-state index contributed by atoms with van der Waals surface area (Å²) in [6.45, 7) is 0. The SMILES string of the molecule is COc1cc(/C=N\NC(=O)c2ccc(Cl)cc2)ccc1OC(=O)c1ccncc1. The van der Waals surface area contributed by atoms with Gasteiger partial charge >= 0.3 is 5.97 Å². The fourth-order valence-electron chi connectivity index (χ4n) is 2.33. The van der Waals surface area contributed by atoms with E-state index in [0.29, 0.717) is 27.5 Å². The van der Waals surface area contributed by atoms with Crippen LogP contribution in [0.5, 0.6) is 11.5 Å². The van der Waals surface area contributed by atoms with E-state index < -0.39 is 5.97 Å². The Labute approximate surface area is 171 Å². The van der Waals surface area contributed by atoms with Crippen molar-refractivity contribution in [1.29, 1.82) is 0 Å². The first kappa shape index (κ1) is 20.0. The molecule has 8 heteroatoms. The van der Waals surface area contributed by atoms with Crippen molar-refractivity contribution in [2.24, 2.45) is 5.10 Å². The van der Waals surface area contributed by atoms with Crippen LogP contribution in [0.2, 0.25) is 5.02 Å². The van der Waals surface area contributed by atoms with Gasteiger partial charge in [-0.1, -0.05) is 11.6 Å². The molecule has 0 unspecified atom stereocenters. The van der Waals surface area contributed by atoms with E-state index in [-0.39, 0.29) is 11.7 Å². The van der Waals surface area contributed by atoms with E-state index in [9.17, 15) is 9.59 Å². The molecule has 3 aromatic rings. The average Bonchev–Trinajstić information content (AvgIpc) is 2.75. The van der Waals surface area contributed by atoms with Crippen LogP contribution in [0.4, 0.5) is 0 Å². The lowest BCUT2D eigenvalue weighted by Crippen LogP contribution is -2.17. The van der Waals surface area contributed by atoms with E-state index in [0.717, 1.165) is 0 Å². The second-order valence-corrected chi connectivity index (χ2v) is 6.18. The van der Waals surface area contributed by atoms with Gasteiger partial charge in [0.15, 0.2) is 11.5 Å². The van der Waals surface area contributed by atoms with Gasteiger partial charge in [-0.25, -0.2) is 10.2 Å². The Bertz CT molecular complexity index is 1040. The number of esters is 1. The Kier molecular flexibility index (Phi) is 6.55. The number of carbonyl (C=O) groups excluding carboxylic acids is 2. The summed E-state index contributed by atoms with van der Waals surface area (Å²) in [5.74, 6) is -0.285. The van der Waals surface area contributed by atoms with E-state index in [1.165, 1.54) is 25.7 Å². The first-order valence-corrected chi connectivity index (χ1v) is 8.84. The minimum atomic E-state index is -0.526. The molecule has 0 spiro atoms. The molecule has 1 amide bonds. The molecule has 7 nitrogen and oxygen atoms in total. The summed E-state index contributed by atoms with van der Waals surface area (Å²) >= 11 is 5.80. The molecule has 0 atom stereocenters. The summed E-state index contributed by atoms with van der Waals surface area (Å²) in [6, 6.07) is 14.4. The normalized spacial score (nSPS) is 10.6. The Morgan fingerprint density at radius 1 is 1.00 bits per heavy atom. The zero-order valence-electron chi connectivity index (χ0n) is 15.3. The van der Waals surface area contributed by atoms with E-state index >= 15 is 0 Å². The molecule has 0 radical (unpaired) electrons. The summed E-state index contributed by atoms with van der Waals surface area (Å²) in [5, 5.41) is 4.47. The Morgan fingerprint density at radius 3 is 2.41 bits per heavy atom. The number of methoxy groups -OCH3 is 1. The maximum atomic E-state index is 12.2. The van der Waals surface area contributed by atoms with E-state index in [1.807, 2.05) is 0 Å². The predicted octanol–water partition coefficient (Wildman–Crippen LogP) is 3.73. The van der Waals surface area contributed by atoms with E-state index in [1.54, 1.807) is 54.6 Å². The molecule has 0 bridgehead atoms. The third-order valence-corrected chi connectivity index (χ3v) is 4.04. The van der Waals surface area contributed by atoms with Gasteiger partial charge in [-0.2, -0.15) is 5.10 Å². The molecule has 2 aromatic carbocycles. The molecule has 3 rings (SSSR count). The minimum Gasteiger partial charge on any atom is -0.493 e. The van der Waals surface area contributed by atoms with Crippen molar-refractivity contribution in [3.05, 3.63) is 88.7 Å². The number of nitrogens with zero attached hydrogens (tertiary/aromatic N) is 2. The lowest BCUT2D eigenvalue weighted by atomic mass is 10.2. The van der Waals surface area contributed by atoms with E-state index in [2.05, 4.69) is 15.5 Å². The summed E-state index contributed by atoms with van der Waals surface area (Å²) in [7, 11) is 1.46. The molecule has 0 saturated carbocycles. The number of carbonyl (C=O) groups is 2. The average molecular weight is 410 g/mol. The highest BCUT2D eigenvalue weighted by molar-refractivity contribution is 6.30. The molecule has 0 fully saturated rings. The number of aromatic nitrogens is 1. The largest absolute Gasteiger partial charge is 0.493 e. The van der Waals surface area contributed by atoms with Gasteiger partial charge in [-0.15, -0.1) is 0 Å². The fraction of sp³-hybridized carbons (Fsp3) is 0.0476. The van der Waals surface area contributed by atoms with Crippen LogP contribution in [0.15, 0.2) is 72.1 Å². The van der Waals surface area contributed by atoms with Gasteiger partial charge < -0.3 is 9.47 Å². The molecule has 0 aliphatic heterocycles. The maximum absolute atomic E-state index is 12.2. The van der Waals surface area contributed by atoms with Crippen LogP contribution in [0, 0.1) is 0 Å². The van der Waals surface area contributed by atoms with Crippen LogP contribution < -0.4 is 14.9 Å². The van der Waals surface area contributed by atoms with Crippen LogP contribution in [-0.4, -0.2) is 30.2 Å². The van der Waals surface area contributed by atoms with Crippen LogP contribution in [-0.2, 0) is 0 Å². The number of hydrogen-bond acceptors (Lipinski definition) is 6. The van der Waals surface area contributed by atoms with Gasteiger partial charge in [0.25, 0.3) is 5.91 Å². The van der Waals surface area contributed by atoms with E-state index in [4.69, 9.17) is 21.1 Å². The van der Waals surface area contributed by atoms with Crippen LogP contribution in [0.3, 0.4) is 0 Å². The number of benzene rings is 2. The summed E-state index contributed by atoms with van der Waals surface area (Å²) in [5.41, 5.74) is 3.87. The van der Waals surface area contributed by atoms with Gasteiger partial charge in [0, 0.05) is 23.0 Å². The first-order valence-electron chi connectivity index (χ1n) is 8.46. The number of hydrazone groups is 1. The van der Waals surface area contributed by atoms with Crippen molar-refractivity contribution in [3.8, 4) is 11.5 Å². The molecule has 0 aliphatic rings. The summed E-state index contributed by atoms with van der Waals surface area (Å²) < 4.78 is 10.7. The fourth-order valence-corrected chi connectivity index (χ4v) is 2.45. The number of rotatable bonds is 6. The number of halogens is 1. The molecule has 1 aromatic heterocycles. The minimum absolute atomic E-state index is 0.261. The lowest BCUT2D eigenvalue weighted by Gasteiger charge is -2.09. The standard InChI is InChI=1S/C21H16ClN3O4/c1-28-19-12-14(13-24-25-20(26)15-3-5-17(22)6-4-15)2-7-18(19)29-21(27)16-8-10-23-11-9-16/h2-13H,1H3,(H,25,26)/b24-13-. The second kappa shape index (κ2) is 9.48. The van der Waals surface area contributed by atoms with Crippen molar-refractivity contribution >= 4 is 29.7 Å². The molecule has 0 aliphatic carbocycles. The van der Waals surface area contributed by atoms with Crippen LogP contribution >= 0.6 is 11.6 Å². The second-order valence-electron chi connectivity index (χ2n) is 5.74. The maximum Gasteiger partial charge on any atom is 0.343 e.